The molecule has 2 rings (SSSR count). The van der Waals surface area contributed by atoms with Crippen molar-refractivity contribution < 1.29 is 14.3 Å². The Kier molecular flexibility index (Phi) is 4.85. The van der Waals surface area contributed by atoms with Crippen LogP contribution < -0.4 is 4.74 Å². The van der Waals surface area contributed by atoms with Crippen LogP contribution in [0, 0.1) is 6.92 Å². The quantitative estimate of drug-likeness (QED) is 0.810. The molecule has 0 radical (unpaired) electrons. The Labute approximate surface area is 118 Å². The molecule has 0 N–H and O–H groups in total. The molecule has 4 heteroatoms. The van der Waals surface area contributed by atoms with Crippen LogP contribution in [0.3, 0.4) is 0 Å². The largest absolute Gasteiger partial charge is 0.457 e. The second-order valence-electron chi connectivity index (χ2n) is 4.50. The van der Waals surface area contributed by atoms with Crippen LogP contribution in [0.4, 0.5) is 0 Å². The van der Waals surface area contributed by atoms with E-state index in [9.17, 15) is 4.79 Å². The molecule has 4 nitrogen and oxygen atoms in total. The predicted octanol–water partition coefficient (Wildman–Crippen LogP) is 2.94. The van der Waals surface area contributed by atoms with Gasteiger partial charge in [-0.3, -0.25) is 9.78 Å². The second kappa shape index (κ2) is 6.82. The zero-order valence-electron chi connectivity index (χ0n) is 11.6. The van der Waals surface area contributed by atoms with Crippen LogP contribution >= 0.6 is 0 Å². The van der Waals surface area contributed by atoms with Gasteiger partial charge in [-0.1, -0.05) is 18.2 Å². The molecule has 20 heavy (non-hydrogen) atoms. The maximum atomic E-state index is 11.5. The number of benzene rings is 1. The number of aromatic nitrogens is 1. The molecule has 1 heterocycles. The van der Waals surface area contributed by atoms with Crippen LogP contribution in [-0.2, 0) is 16.0 Å². The van der Waals surface area contributed by atoms with Crippen LogP contribution in [0.1, 0.15) is 11.3 Å². The molecule has 0 unspecified atom stereocenters. The summed E-state index contributed by atoms with van der Waals surface area (Å²) >= 11 is 0. The van der Waals surface area contributed by atoms with Crippen LogP contribution in [0.2, 0.25) is 0 Å². The van der Waals surface area contributed by atoms with Crippen molar-refractivity contribution >= 4 is 5.78 Å². The summed E-state index contributed by atoms with van der Waals surface area (Å²) in [5.74, 6) is 1.47. The zero-order valence-corrected chi connectivity index (χ0v) is 11.6. The van der Waals surface area contributed by atoms with Crippen molar-refractivity contribution in [2.24, 2.45) is 0 Å². The zero-order chi connectivity index (χ0) is 14.4. The minimum absolute atomic E-state index is 0.00644. The highest BCUT2D eigenvalue weighted by Crippen LogP contribution is 2.24. The lowest BCUT2D eigenvalue weighted by molar-refractivity contribution is -0.122. The van der Waals surface area contributed by atoms with Crippen molar-refractivity contribution in [3.63, 3.8) is 0 Å². The molecule has 0 saturated heterocycles. The van der Waals surface area contributed by atoms with E-state index in [2.05, 4.69) is 4.98 Å². The van der Waals surface area contributed by atoms with Gasteiger partial charge in [-0.15, -0.1) is 0 Å². The third-order valence-electron chi connectivity index (χ3n) is 2.79. The minimum Gasteiger partial charge on any atom is -0.457 e. The standard InChI is InChI=1S/C16H17NO3/c1-12-5-3-4-6-16(12)20-15-7-8-17-13(10-15)9-14(18)11-19-2/h3-8,10H,9,11H2,1-2H3. The molecule has 0 bridgehead atoms. The summed E-state index contributed by atoms with van der Waals surface area (Å²) in [6.45, 7) is 2.09. The number of hydrogen-bond donors (Lipinski definition) is 0. The topological polar surface area (TPSA) is 48.4 Å². The summed E-state index contributed by atoms with van der Waals surface area (Å²) in [6, 6.07) is 11.3. The Morgan fingerprint density at radius 2 is 2.05 bits per heavy atom. The van der Waals surface area contributed by atoms with Crippen LogP contribution in [0.5, 0.6) is 11.5 Å². The molecule has 0 aliphatic rings. The van der Waals surface area contributed by atoms with Gasteiger partial charge in [0.05, 0.1) is 12.1 Å². The number of hydrogen-bond acceptors (Lipinski definition) is 4. The fourth-order valence-corrected chi connectivity index (χ4v) is 1.83. The second-order valence-corrected chi connectivity index (χ2v) is 4.50. The van der Waals surface area contributed by atoms with Crippen molar-refractivity contribution in [3.05, 3.63) is 53.9 Å². The number of nitrogens with zero attached hydrogens (tertiary/aromatic N) is 1. The number of pyridine rings is 1. The van der Waals surface area contributed by atoms with Gasteiger partial charge in [0.25, 0.3) is 0 Å². The van der Waals surface area contributed by atoms with Gasteiger partial charge in [0.15, 0.2) is 5.78 Å². The number of ketones is 1. The van der Waals surface area contributed by atoms with Gasteiger partial charge in [-0.25, -0.2) is 0 Å². The molecule has 2 aromatic rings. The number of carbonyl (C=O) groups excluding carboxylic acids is 1. The molecule has 104 valence electrons. The van der Waals surface area contributed by atoms with E-state index < -0.39 is 0 Å². The van der Waals surface area contributed by atoms with Crippen molar-refractivity contribution in [2.75, 3.05) is 13.7 Å². The fraction of sp³-hybridized carbons (Fsp3) is 0.250. The van der Waals surface area contributed by atoms with E-state index in [1.165, 1.54) is 7.11 Å². The molecule has 0 aliphatic heterocycles. The number of carbonyl (C=O) groups is 1. The van der Waals surface area contributed by atoms with Gasteiger partial charge in [0, 0.05) is 19.4 Å². The van der Waals surface area contributed by atoms with E-state index in [0.717, 1.165) is 11.3 Å². The van der Waals surface area contributed by atoms with E-state index in [4.69, 9.17) is 9.47 Å². The number of rotatable bonds is 6. The summed E-state index contributed by atoms with van der Waals surface area (Å²) in [7, 11) is 1.50. The monoisotopic (exact) mass is 271 g/mol. The number of Topliss-reactive ketones (excluding diaryl/α,β-unsaturated/α-hetero) is 1. The lowest BCUT2D eigenvalue weighted by Crippen LogP contribution is -2.10. The highest BCUT2D eigenvalue weighted by atomic mass is 16.5. The van der Waals surface area contributed by atoms with Gasteiger partial charge < -0.3 is 9.47 Å². The van der Waals surface area contributed by atoms with Crippen molar-refractivity contribution in [3.8, 4) is 11.5 Å². The van der Waals surface area contributed by atoms with Crippen molar-refractivity contribution in [1.29, 1.82) is 0 Å². The van der Waals surface area contributed by atoms with Crippen molar-refractivity contribution in [1.82, 2.24) is 4.98 Å². The number of methoxy groups -OCH3 is 1. The Morgan fingerprint density at radius 1 is 1.25 bits per heavy atom. The average Bonchev–Trinajstić information content (AvgIpc) is 2.42. The SMILES string of the molecule is COCC(=O)Cc1cc(Oc2ccccc2C)ccn1. The minimum atomic E-state index is -0.00644. The number of aryl methyl sites for hydroxylation is 1. The first-order valence-corrected chi connectivity index (χ1v) is 6.38. The third-order valence-corrected chi connectivity index (χ3v) is 2.79. The van der Waals surface area contributed by atoms with E-state index >= 15 is 0 Å². The van der Waals surface area contributed by atoms with E-state index in [0.29, 0.717) is 11.4 Å². The van der Waals surface area contributed by atoms with Gasteiger partial charge in [-0.05, 0) is 24.6 Å². The van der Waals surface area contributed by atoms with E-state index in [-0.39, 0.29) is 18.8 Å². The Balaban J connectivity index is 2.10. The van der Waals surface area contributed by atoms with Crippen LogP contribution in [0.15, 0.2) is 42.6 Å². The third kappa shape index (κ3) is 3.90. The molecule has 0 saturated carbocycles. The van der Waals surface area contributed by atoms with E-state index in [1.54, 1.807) is 18.3 Å². The summed E-state index contributed by atoms with van der Waals surface area (Å²) in [4.78, 5) is 15.7. The van der Waals surface area contributed by atoms with Crippen LogP contribution in [0.25, 0.3) is 0 Å². The molecule has 1 aromatic heterocycles. The molecule has 0 fully saturated rings. The summed E-state index contributed by atoms with van der Waals surface area (Å²) in [6.07, 6.45) is 1.89. The van der Waals surface area contributed by atoms with Gasteiger partial charge in [-0.2, -0.15) is 0 Å². The average molecular weight is 271 g/mol. The normalized spacial score (nSPS) is 10.3. The molecular formula is C16H17NO3. The lowest BCUT2D eigenvalue weighted by atomic mass is 10.2. The highest BCUT2D eigenvalue weighted by Gasteiger charge is 2.07. The summed E-state index contributed by atoms with van der Waals surface area (Å²) < 4.78 is 10.6. The fourth-order valence-electron chi connectivity index (χ4n) is 1.83. The first kappa shape index (κ1) is 14.2. The van der Waals surface area contributed by atoms with Gasteiger partial charge in [0.1, 0.15) is 18.1 Å². The Morgan fingerprint density at radius 3 is 2.80 bits per heavy atom. The smallest absolute Gasteiger partial charge is 0.164 e. The Hall–Kier alpha value is -2.20. The molecular weight excluding hydrogens is 254 g/mol. The maximum absolute atomic E-state index is 11.5. The molecule has 0 amide bonds. The number of para-hydroxylation sites is 1. The maximum Gasteiger partial charge on any atom is 0.164 e. The molecule has 0 spiro atoms. The predicted molar refractivity (Wildman–Crippen MR) is 76.1 cm³/mol. The first-order valence-electron chi connectivity index (χ1n) is 6.38. The summed E-state index contributed by atoms with van der Waals surface area (Å²) in [5, 5.41) is 0. The molecule has 1 aromatic carbocycles. The highest BCUT2D eigenvalue weighted by molar-refractivity contribution is 5.81. The van der Waals surface area contributed by atoms with Gasteiger partial charge in [0.2, 0.25) is 0 Å². The van der Waals surface area contributed by atoms with Gasteiger partial charge >= 0.3 is 0 Å². The first-order chi connectivity index (χ1) is 9.69. The number of ether oxygens (including phenoxy) is 2. The molecule has 0 atom stereocenters. The Bertz CT molecular complexity index is 596. The summed E-state index contributed by atoms with van der Waals surface area (Å²) in [5.41, 5.74) is 1.74. The lowest BCUT2D eigenvalue weighted by Gasteiger charge is -2.09. The molecule has 0 aliphatic carbocycles. The van der Waals surface area contributed by atoms with Crippen molar-refractivity contribution in [2.45, 2.75) is 13.3 Å². The van der Waals surface area contributed by atoms with E-state index in [1.807, 2.05) is 31.2 Å². The van der Waals surface area contributed by atoms with Crippen LogP contribution in [-0.4, -0.2) is 24.5 Å².